The van der Waals surface area contributed by atoms with Gasteiger partial charge in [0.25, 0.3) is 10.0 Å². The topological polar surface area (TPSA) is 55.8 Å². The molecular weight excluding hydrogens is 386 g/mol. The lowest BCUT2D eigenvalue weighted by Crippen LogP contribution is -2.31. The van der Waals surface area contributed by atoms with Gasteiger partial charge in [0.2, 0.25) is 0 Å². The van der Waals surface area contributed by atoms with Gasteiger partial charge < -0.3 is 9.47 Å². The highest BCUT2D eigenvalue weighted by Gasteiger charge is 2.27. The van der Waals surface area contributed by atoms with Crippen LogP contribution < -0.4 is 13.8 Å². The summed E-state index contributed by atoms with van der Waals surface area (Å²) >= 11 is 0. The maximum absolute atomic E-state index is 13.6. The van der Waals surface area contributed by atoms with E-state index >= 15 is 0 Å². The molecule has 3 aromatic carbocycles. The Morgan fingerprint density at radius 3 is 2.21 bits per heavy atom. The summed E-state index contributed by atoms with van der Waals surface area (Å²) in [4.78, 5) is 0.111. The van der Waals surface area contributed by atoms with Gasteiger partial charge in [-0.25, -0.2) is 8.42 Å². The van der Waals surface area contributed by atoms with Crippen LogP contribution in [0.4, 0.5) is 5.69 Å². The molecule has 0 aliphatic carbocycles. The minimum atomic E-state index is -3.88. The molecule has 5 nitrogen and oxygen atoms in total. The molecule has 3 aromatic rings. The van der Waals surface area contributed by atoms with Gasteiger partial charge in [0, 0.05) is 11.6 Å². The smallest absolute Gasteiger partial charge is 0.264 e. The third-order valence-corrected chi connectivity index (χ3v) is 6.27. The predicted molar refractivity (Wildman–Crippen MR) is 116 cm³/mol. The zero-order chi connectivity index (χ0) is 20.9. The number of para-hydroxylation sites is 1. The Kier molecular flexibility index (Phi) is 6.24. The summed E-state index contributed by atoms with van der Waals surface area (Å²) in [6.07, 6.45) is 1.57. The van der Waals surface area contributed by atoms with E-state index in [0.717, 1.165) is 11.1 Å². The van der Waals surface area contributed by atoms with Crippen molar-refractivity contribution in [2.24, 2.45) is 0 Å². The van der Waals surface area contributed by atoms with Crippen LogP contribution in [0.5, 0.6) is 11.5 Å². The molecule has 0 fully saturated rings. The van der Waals surface area contributed by atoms with E-state index in [2.05, 4.69) is 6.58 Å². The molecule has 0 heterocycles. The van der Waals surface area contributed by atoms with E-state index in [9.17, 15) is 8.42 Å². The number of anilines is 1. The number of hydrogen-bond donors (Lipinski definition) is 0. The summed E-state index contributed by atoms with van der Waals surface area (Å²) in [5, 5.41) is 0. The van der Waals surface area contributed by atoms with Gasteiger partial charge in [0.05, 0.1) is 31.3 Å². The maximum atomic E-state index is 13.6. The van der Waals surface area contributed by atoms with Crippen LogP contribution in [0.25, 0.3) is 11.1 Å². The van der Waals surface area contributed by atoms with Crippen LogP contribution in [-0.4, -0.2) is 29.2 Å². The van der Waals surface area contributed by atoms with Crippen LogP contribution >= 0.6 is 0 Å². The molecule has 0 radical (unpaired) electrons. The Labute approximate surface area is 171 Å². The Balaban J connectivity index is 2.15. The normalized spacial score (nSPS) is 11.0. The van der Waals surface area contributed by atoms with Crippen LogP contribution in [0.2, 0.25) is 0 Å². The molecule has 0 bridgehead atoms. The summed E-state index contributed by atoms with van der Waals surface area (Å²) in [5.41, 5.74) is 2.33. The van der Waals surface area contributed by atoms with Gasteiger partial charge in [-0.2, -0.15) is 0 Å². The molecule has 0 aliphatic heterocycles. The van der Waals surface area contributed by atoms with E-state index in [4.69, 9.17) is 9.47 Å². The van der Waals surface area contributed by atoms with Crippen molar-refractivity contribution >= 4 is 15.7 Å². The number of methoxy groups -OCH3 is 2. The zero-order valence-corrected chi connectivity index (χ0v) is 17.2. The van der Waals surface area contributed by atoms with Gasteiger partial charge in [0.1, 0.15) is 0 Å². The second-order valence-electron chi connectivity index (χ2n) is 6.22. The third-order valence-electron chi connectivity index (χ3n) is 4.50. The van der Waals surface area contributed by atoms with Crippen LogP contribution in [-0.2, 0) is 10.0 Å². The average molecular weight is 410 g/mol. The van der Waals surface area contributed by atoms with E-state index in [1.54, 1.807) is 18.2 Å². The number of nitrogens with zero attached hydrogens (tertiary/aromatic N) is 1. The van der Waals surface area contributed by atoms with E-state index in [1.807, 2.05) is 48.5 Å². The van der Waals surface area contributed by atoms with E-state index in [-0.39, 0.29) is 11.4 Å². The highest BCUT2D eigenvalue weighted by atomic mass is 32.2. The molecule has 0 atom stereocenters. The molecule has 0 spiro atoms. The van der Waals surface area contributed by atoms with Crippen molar-refractivity contribution in [1.29, 1.82) is 0 Å². The summed E-state index contributed by atoms with van der Waals surface area (Å²) < 4.78 is 39.0. The molecule has 0 aliphatic rings. The Hall–Kier alpha value is -3.25. The Morgan fingerprint density at radius 1 is 0.897 bits per heavy atom. The highest BCUT2D eigenvalue weighted by molar-refractivity contribution is 7.92. The lowest BCUT2D eigenvalue weighted by Gasteiger charge is -2.26. The van der Waals surface area contributed by atoms with Gasteiger partial charge in [-0.05, 0) is 23.8 Å². The fourth-order valence-electron chi connectivity index (χ4n) is 3.10. The summed E-state index contributed by atoms with van der Waals surface area (Å²) in [6.45, 7) is 3.87. The van der Waals surface area contributed by atoms with Crippen molar-refractivity contribution in [3.05, 3.63) is 85.5 Å². The molecule has 29 heavy (non-hydrogen) atoms. The maximum Gasteiger partial charge on any atom is 0.264 e. The monoisotopic (exact) mass is 409 g/mol. The zero-order valence-electron chi connectivity index (χ0n) is 16.4. The van der Waals surface area contributed by atoms with E-state index < -0.39 is 10.0 Å². The number of sulfonamides is 1. The van der Waals surface area contributed by atoms with Crippen molar-refractivity contribution in [2.75, 3.05) is 25.1 Å². The lowest BCUT2D eigenvalue weighted by molar-refractivity contribution is 0.354. The van der Waals surface area contributed by atoms with Gasteiger partial charge in [-0.1, -0.05) is 54.6 Å². The number of hydrogen-bond acceptors (Lipinski definition) is 4. The van der Waals surface area contributed by atoms with Gasteiger partial charge in [-0.15, -0.1) is 6.58 Å². The first kappa shape index (κ1) is 20.5. The number of rotatable bonds is 8. The van der Waals surface area contributed by atoms with Crippen molar-refractivity contribution in [3.8, 4) is 22.6 Å². The van der Waals surface area contributed by atoms with Crippen molar-refractivity contribution < 1.29 is 17.9 Å². The summed E-state index contributed by atoms with van der Waals surface area (Å²) in [6, 6.07) is 21.7. The lowest BCUT2D eigenvalue weighted by atomic mass is 10.0. The molecule has 0 aromatic heterocycles. The van der Waals surface area contributed by atoms with Crippen molar-refractivity contribution in [3.63, 3.8) is 0 Å². The molecule has 3 rings (SSSR count). The first-order chi connectivity index (χ1) is 14.0. The van der Waals surface area contributed by atoms with Crippen LogP contribution in [0.3, 0.4) is 0 Å². The van der Waals surface area contributed by atoms with Crippen molar-refractivity contribution in [2.45, 2.75) is 4.90 Å². The highest BCUT2D eigenvalue weighted by Crippen LogP contribution is 2.36. The number of ether oxygens (including phenoxy) is 2. The second-order valence-corrected chi connectivity index (χ2v) is 8.09. The largest absolute Gasteiger partial charge is 0.493 e. The minimum Gasteiger partial charge on any atom is -0.493 e. The predicted octanol–water partition coefficient (Wildman–Crippen LogP) is 4.75. The van der Waals surface area contributed by atoms with Crippen LogP contribution in [0.1, 0.15) is 0 Å². The number of benzene rings is 3. The molecule has 0 saturated carbocycles. The third kappa shape index (κ3) is 4.12. The molecule has 0 saturated heterocycles. The fraction of sp³-hybridized carbons (Fsp3) is 0.130. The Morgan fingerprint density at radius 2 is 1.55 bits per heavy atom. The van der Waals surface area contributed by atoms with Crippen molar-refractivity contribution in [1.82, 2.24) is 0 Å². The van der Waals surface area contributed by atoms with E-state index in [0.29, 0.717) is 17.2 Å². The fourth-order valence-corrected chi connectivity index (χ4v) is 4.57. The Bertz CT molecular complexity index is 1090. The first-order valence-electron chi connectivity index (χ1n) is 9.03. The van der Waals surface area contributed by atoms with Gasteiger partial charge in [0.15, 0.2) is 11.5 Å². The molecule has 0 unspecified atom stereocenters. The molecule has 0 amide bonds. The van der Waals surface area contributed by atoms with Gasteiger partial charge >= 0.3 is 0 Å². The molecule has 150 valence electrons. The van der Waals surface area contributed by atoms with Gasteiger partial charge in [-0.3, -0.25) is 4.31 Å². The van der Waals surface area contributed by atoms with E-state index in [1.165, 1.54) is 30.7 Å². The first-order valence-corrected chi connectivity index (χ1v) is 10.5. The second kappa shape index (κ2) is 8.84. The molecule has 0 N–H and O–H groups in total. The molecule has 6 heteroatoms. The SMILES string of the molecule is C=CCN(c1ccccc1-c1ccccc1)S(=O)(=O)c1ccc(OC)c(OC)c1. The quantitative estimate of drug-likeness (QED) is 0.504. The summed E-state index contributed by atoms with van der Waals surface area (Å²) in [5.74, 6) is 0.815. The van der Waals surface area contributed by atoms with Crippen LogP contribution in [0.15, 0.2) is 90.3 Å². The molecular formula is C23H23NO4S. The summed E-state index contributed by atoms with van der Waals surface area (Å²) in [7, 11) is -0.899. The standard InChI is InChI=1S/C23H23NO4S/c1-4-16-24(21-13-9-8-12-20(21)18-10-6-5-7-11-18)29(25,26)19-14-15-22(27-2)23(17-19)28-3/h4-15,17H,1,16H2,2-3H3. The van der Waals surface area contributed by atoms with Crippen LogP contribution in [0, 0.1) is 0 Å². The average Bonchev–Trinajstić information content (AvgIpc) is 2.77. The minimum absolute atomic E-state index is 0.111.